The number of aliphatic imine (C=N–C) groups is 1. The Morgan fingerprint density at radius 2 is 1.96 bits per heavy atom. The van der Waals surface area contributed by atoms with E-state index in [0.717, 1.165) is 12.5 Å². The van der Waals surface area contributed by atoms with Crippen LogP contribution in [0.5, 0.6) is 0 Å². The van der Waals surface area contributed by atoms with Gasteiger partial charge in [-0.15, -0.1) is 0 Å². The van der Waals surface area contributed by atoms with Crippen molar-refractivity contribution in [2.75, 3.05) is 19.6 Å². The summed E-state index contributed by atoms with van der Waals surface area (Å²) in [4.78, 5) is 16.6. The van der Waals surface area contributed by atoms with Crippen molar-refractivity contribution in [1.29, 1.82) is 0 Å². The van der Waals surface area contributed by atoms with Crippen LogP contribution >= 0.6 is 22.9 Å². The Morgan fingerprint density at radius 1 is 1.17 bits per heavy atom. The van der Waals surface area contributed by atoms with Gasteiger partial charge in [-0.3, -0.25) is 4.79 Å². The highest BCUT2D eigenvalue weighted by atomic mass is 35.5. The monoisotopic (exact) mass is 364 g/mol. The first-order chi connectivity index (χ1) is 11.7. The van der Waals surface area contributed by atoms with Crippen molar-refractivity contribution < 1.29 is 4.79 Å². The van der Waals surface area contributed by atoms with Crippen molar-refractivity contribution >= 4 is 34.8 Å². The predicted octanol–water partition coefficient (Wildman–Crippen LogP) is 2.89. The highest BCUT2D eigenvalue weighted by Crippen LogP contribution is 2.14. The highest BCUT2D eigenvalue weighted by molar-refractivity contribution is 7.07. The number of hydrogen-bond acceptors (Lipinski definition) is 3. The van der Waals surface area contributed by atoms with Crippen LogP contribution in [0.3, 0.4) is 0 Å². The normalized spacial score (nSPS) is 11.2. The van der Waals surface area contributed by atoms with Gasteiger partial charge in [-0.25, -0.2) is 4.99 Å². The number of rotatable bonds is 7. The fraction of sp³-hybridized carbons (Fsp3) is 0.294. The van der Waals surface area contributed by atoms with Crippen LogP contribution in [0.1, 0.15) is 22.8 Å². The van der Waals surface area contributed by atoms with Crippen LogP contribution in [0, 0.1) is 0 Å². The van der Waals surface area contributed by atoms with Gasteiger partial charge in [0.2, 0.25) is 0 Å². The summed E-state index contributed by atoms with van der Waals surface area (Å²) in [7, 11) is 0. The van der Waals surface area contributed by atoms with Gasteiger partial charge >= 0.3 is 0 Å². The lowest BCUT2D eigenvalue weighted by atomic mass is 10.2. The van der Waals surface area contributed by atoms with E-state index >= 15 is 0 Å². The Labute approximate surface area is 151 Å². The maximum atomic E-state index is 12.0. The Morgan fingerprint density at radius 3 is 2.67 bits per heavy atom. The Kier molecular flexibility index (Phi) is 7.58. The zero-order valence-electron chi connectivity index (χ0n) is 13.5. The lowest BCUT2D eigenvalue weighted by Gasteiger charge is -2.12. The summed E-state index contributed by atoms with van der Waals surface area (Å²) >= 11 is 7.67. The third-order valence-corrected chi connectivity index (χ3v) is 4.23. The second-order valence-corrected chi connectivity index (χ2v) is 6.18. The van der Waals surface area contributed by atoms with Crippen molar-refractivity contribution in [2.24, 2.45) is 4.99 Å². The molecule has 2 aromatic rings. The molecule has 3 N–H and O–H groups in total. The minimum absolute atomic E-state index is 0.178. The van der Waals surface area contributed by atoms with Crippen LogP contribution in [0.15, 0.2) is 46.1 Å². The molecule has 0 bridgehead atoms. The number of guanidine groups is 1. The maximum absolute atomic E-state index is 12.0. The average molecular weight is 365 g/mol. The number of nitrogens with one attached hydrogen (secondary N) is 3. The van der Waals surface area contributed by atoms with Gasteiger partial charge in [0.15, 0.2) is 5.96 Å². The van der Waals surface area contributed by atoms with Gasteiger partial charge in [0.05, 0.1) is 17.1 Å². The molecule has 0 radical (unpaired) electrons. The van der Waals surface area contributed by atoms with E-state index in [-0.39, 0.29) is 5.91 Å². The molecular weight excluding hydrogens is 344 g/mol. The zero-order valence-corrected chi connectivity index (χ0v) is 15.1. The maximum Gasteiger partial charge on any atom is 0.252 e. The van der Waals surface area contributed by atoms with E-state index in [9.17, 15) is 4.79 Å². The van der Waals surface area contributed by atoms with E-state index in [1.165, 1.54) is 5.56 Å². The minimum atomic E-state index is -0.178. The summed E-state index contributed by atoms with van der Waals surface area (Å²) in [6.45, 7) is 4.48. The SMILES string of the molecule is CCNC(=NCc1ccsc1)NCCNC(=O)c1ccccc1Cl. The largest absolute Gasteiger partial charge is 0.357 e. The van der Waals surface area contributed by atoms with Gasteiger partial charge in [-0.05, 0) is 41.4 Å². The number of carbonyl (C=O) groups is 1. The number of nitrogens with zero attached hydrogens (tertiary/aromatic N) is 1. The first-order valence-electron chi connectivity index (χ1n) is 7.76. The molecule has 0 spiro atoms. The molecule has 1 aromatic carbocycles. The summed E-state index contributed by atoms with van der Waals surface area (Å²) in [5.74, 6) is 0.554. The molecule has 0 saturated carbocycles. The third-order valence-electron chi connectivity index (χ3n) is 3.17. The number of benzene rings is 1. The number of thiophene rings is 1. The van der Waals surface area contributed by atoms with Crippen LogP contribution in [0.25, 0.3) is 0 Å². The molecule has 128 valence electrons. The number of hydrogen-bond donors (Lipinski definition) is 3. The Hall–Kier alpha value is -2.05. The second-order valence-electron chi connectivity index (χ2n) is 4.99. The summed E-state index contributed by atoms with van der Waals surface area (Å²) in [6.07, 6.45) is 0. The van der Waals surface area contributed by atoms with Gasteiger partial charge in [0, 0.05) is 19.6 Å². The molecule has 24 heavy (non-hydrogen) atoms. The van der Waals surface area contributed by atoms with Gasteiger partial charge in [0.25, 0.3) is 5.91 Å². The van der Waals surface area contributed by atoms with E-state index in [4.69, 9.17) is 11.6 Å². The number of halogens is 1. The van der Waals surface area contributed by atoms with Gasteiger partial charge in [-0.2, -0.15) is 11.3 Å². The molecule has 0 aliphatic rings. The van der Waals surface area contributed by atoms with Gasteiger partial charge in [-0.1, -0.05) is 23.7 Å². The molecule has 0 aliphatic heterocycles. The standard InChI is InChI=1S/C17H21ClN4OS/c1-2-19-17(22-11-13-7-10-24-12-13)21-9-8-20-16(23)14-5-3-4-6-15(14)18/h3-7,10,12H,2,8-9,11H2,1H3,(H,20,23)(H2,19,21,22). The summed E-state index contributed by atoms with van der Waals surface area (Å²) < 4.78 is 0. The Bertz CT molecular complexity index is 673. The zero-order chi connectivity index (χ0) is 17.2. The predicted molar refractivity (Wildman–Crippen MR) is 101 cm³/mol. The fourth-order valence-corrected chi connectivity index (χ4v) is 2.87. The van der Waals surface area contributed by atoms with Crippen LogP contribution in [0.4, 0.5) is 0 Å². The van der Waals surface area contributed by atoms with Crippen molar-refractivity contribution in [3.63, 3.8) is 0 Å². The molecule has 0 saturated heterocycles. The molecule has 0 aliphatic carbocycles. The minimum Gasteiger partial charge on any atom is -0.357 e. The van der Waals surface area contributed by atoms with Crippen molar-refractivity contribution in [3.8, 4) is 0 Å². The highest BCUT2D eigenvalue weighted by Gasteiger charge is 2.08. The summed E-state index contributed by atoms with van der Waals surface area (Å²) in [6, 6.07) is 9.06. The van der Waals surface area contributed by atoms with Crippen molar-refractivity contribution in [3.05, 3.63) is 57.2 Å². The quantitative estimate of drug-likeness (QED) is 0.402. The lowest BCUT2D eigenvalue weighted by Crippen LogP contribution is -2.41. The molecule has 0 fully saturated rings. The van der Waals surface area contributed by atoms with E-state index < -0.39 is 0 Å². The van der Waals surface area contributed by atoms with Gasteiger partial charge in [0.1, 0.15) is 0 Å². The molecule has 1 aromatic heterocycles. The molecule has 0 unspecified atom stereocenters. The third kappa shape index (κ3) is 5.86. The van der Waals surface area contributed by atoms with Crippen LogP contribution in [-0.2, 0) is 6.54 Å². The molecule has 5 nitrogen and oxygen atoms in total. The Balaban J connectivity index is 1.77. The van der Waals surface area contributed by atoms with Crippen molar-refractivity contribution in [2.45, 2.75) is 13.5 Å². The van der Waals surface area contributed by atoms with Crippen molar-refractivity contribution in [1.82, 2.24) is 16.0 Å². The summed E-state index contributed by atoms with van der Waals surface area (Å²) in [5, 5.41) is 13.8. The fourth-order valence-electron chi connectivity index (χ4n) is 1.99. The second kappa shape index (κ2) is 9.95. The lowest BCUT2D eigenvalue weighted by molar-refractivity contribution is 0.0954. The smallest absolute Gasteiger partial charge is 0.252 e. The molecule has 1 heterocycles. The molecular formula is C17H21ClN4OS. The molecule has 1 amide bonds. The van der Waals surface area contributed by atoms with E-state index in [2.05, 4.69) is 32.4 Å². The van der Waals surface area contributed by atoms with E-state index in [1.807, 2.05) is 12.3 Å². The molecule has 2 rings (SSSR count). The summed E-state index contributed by atoms with van der Waals surface area (Å²) in [5.41, 5.74) is 1.67. The topological polar surface area (TPSA) is 65.5 Å². The van der Waals surface area contributed by atoms with Crippen LogP contribution in [0.2, 0.25) is 5.02 Å². The van der Waals surface area contributed by atoms with Gasteiger partial charge < -0.3 is 16.0 Å². The first-order valence-corrected chi connectivity index (χ1v) is 9.08. The first kappa shape index (κ1) is 18.3. The van der Waals surface area contributed by atoms with E-state index in [0.29, 0.717) is 30.2 Å². The van der Waals surface area contributed by atoms with E-state index in [1.54, 1.807) is 35.6 Å². The number of carbonyl (C=O) groups excluding carboxylic acids is 1. The average Bonchev–Trinajstić information content (AvgIpc) is 3.10. The molecule has 0 atom stereocenters. The molecule has 7 heteroatoms. The van der Waals surface area contributed by atoms with Crippen LogP contribution in [-0.4, -0.2) is 31.5 Å². The number of amides is 1. The van der Waals surface area contributed by atoms with Crippen LogP contribution < -0.4 is 16.0 Å².